The molecule has 68 heavy (non-hydrogen) atoms. The van der Waals surface area contributed by atoms with Gasteiger partial charge in [-0.2, -0.15) is 0 Å². The van der Waals surface area contributed by atoms with Crippen LogP contribution in [0.4, 0.5) is 11.4 Å². The molecule has 348 valence electrons. The lowest BCUT2D eigenvalue weighted by Crippen LogP contribution is -2.44. The maximum absolute atomic E-state index is 13.1. The lowest BCUT2D eigenvalue weighted by molar-refractivity contribution is 0.101. The summed E-state index contributed by atoms with van der Waals surface area (Å²) in [6, 6.07) is 27.9. The van der Waals surface area contributed by atoms with E-state index in [4.69, 9.17) is 9.97 Å². The number of benzene rings is 2. The van der Waals surface area contributed by atoms with Crippen LogP contribution < -0.4 is 10.6 Å². The van der Waals surface area contributed by atoms with Crippen LogP contribution in [0.3, 0.4) is 0 Å². The summed E-state index contributed by atoms with van der Waals surface area (Å²) in [5.74, 6) is -0.361. The number of hydrogen-bond donors (Lipinski definition) is 2. The van der Waals surface area contributed by atoms with Gasteiger partial charge in [0.25, 0.3) is 11.8 Å². The summed E-state index contributed by atoms with van der Waals surface area (Å²) in [7, 11) is 4.29. The number of likely N-dealkylation sites (N-methyl/N-ethyl adjacent to an activating group) is 2. The minimum atomic E-state index is -0.180. The topological polar surface area (TPSA) is 132 Å². The van der Waals surface area contributed by atoms with E-state index < -0.39 is 0 Å². The van der Waals surface area contributed by atoms with Crippen molar-refractivity contribution in [2.75, 3.05) is 77.1 Å². The Hall–Kier alpha value is -7.10. The summed E-state index contributed by atoms with van der Waals surface area (Å²) in [6.45, 7) is 17.8. The number of aryl methyl sites for hydroxylation is 4. The highest BCUT2D eigenvalue weighted by Gasteiger charge is 2.21. The van der Waals surface area contributed by atoms with E-state index in [9.17, 15) is 9.59 Å². The van der Waals surface area contributed by atoms with Gasteiger partial charge < -0.3 is 29.2 Å². The molecule has 0 radical (unpaired) electrons. The van der Waals surface area contributed by atoms with E-state index in [0.29, 0.717) is 11.4 Å². The third-order valence-electron chi connectivity index (χ3n) is 12.8. The second kappa shape index (κ2) is 20.4. The lowest BCUT2D eigenvalue weighted by Gasteiger charge is -2.32. The average molecular weight is 909 g/mol. The Morgan fingerprint density at radius 3 is 1.28 bits per heavy atom. The second-order valence-electron chi connectivity index (χ2n) is 18.4. The van der Waals surface area contributed by atoms with Crippen molar-refractivity contribution in [1.29, 1.82) is 0 Å². The van der Waals surface area contributed by atoms with Crippen molar-refractivity contribution in [2.45, 2.75) is 40.8 Å². The monoisotopic (exact) mass is 908 g/mol. The first-order chi connectivity index (χ1) is 32.9. The molecule has 2 N–H and O–H groups in total. The summed E-state index contributed by atoms with van der Waals surface area (Å²) < 4.78 is 4.07. The Balaban J connectivity index is 0.000000170. The molecule has 6 aromatic heterocycles. The number of nitrogens with zero attached hydrogens (tertiary/aromatic N) is 10. The molecule has 2 aliphatic rings. The summed E-state index contributed by atoms with van der Waals surface area (Å²) >= 11 is 0. The minimum Gasteiger partial charge on any atom is -0.321 e. The molecule has 8 aromatic rings. The van der Waals surface area contributed by atoms with E-state index >= 15 is 0 Å². The molecule has 14 nitrogen and oxygen atoms in total. The van der Waals surface area contributed by atoms with Gasteiger partial charge in [0.05, 0.1) is 11.4 Å². The zero-order chi connectivity index (χ0) is 47.3. The van der Waals surface area contributed by atoms with Crippen LogP contribution in [0.5, 0.6) is 0 Å². The summed E-state index contributed by atoms with van der Waals surface area (Å²) in [5.41, 5.74) is 14.5. The standard InChI is InChI=1S/2C27H30N6O/c2*1-19-15-22(17-32-13-11-31(3)12-14-32)25(28-16-19)27(34)29-23-8-6-21(7-9-23)24-18-33-10-4-5-20(2)26(33)30-24/h2*4-10,15-16,18H,11-14,17H2,1-3H3,(H,29,34). The van der Waals surface area contributed by atoms with Crippen LogP contribution in [0, 0.1) is 27.7 Å². The zero-order valence-electron chi connectivity index (χ0n) is 39.9. The molecular weight excluding hydrogens is 849 g/mol. The van der Waals surface area contributed by atoms with Crippen molar-refractivity contribution in [2.24, 2.45) is 0 Å². The first-order valence-electron chi connectivity index (χ1n) is 23.4. The lowest BCUT2D eigenvalue weighted by atomic mass is 10.1. The molecule has 0 bridgehead atoms. The highest BCUT2D eigenvalue weighted by atomic mass is 16.2. The van der Waals surface area contributed by atoms with Gasteiger partial charge in [-0.3, -0.25) is 29.4 Å². The van der Waals surface area contributed by atoms with Gasteiger partial charge in [0.2, 0.25) is 0 Å². The van der Waals surface area contributed by atoms with E-state index in [-0.39, 0.29) is 11.8 Å². The number of fused-ring (bicyclic) bond motifs is 2. The van der Waals surface area contributed by atoms with E-state index in [1.54, 1.807) is 12.4 Å². The Morgan fingerprint density at radius 1 is 0.529 bits per heavy atom. The number of rotatable bonds is 10. The zero-order valence-corrected chi connectivity index (χ0v) is 39.9. The average Bonchev–Trinajstić information content (AvgIpc) is 3.98. The van der Waals surface area contributed by atoms with Gasteiger partial charge in [-0.05, 0) is 112 Å². The van der Waals surface area contributed by atoms with E-state index in [1.807, 2.05) is 108 Å². The molecule has 2 amide bonds. The van der Waals surface area contributed by atoms with Gasteiger partial charge in [-0.15, -0.1) is 0 Å². The third-order valence-corrected chi connectivity index (χ3v) is 12.8. The van der Waals surface area contributed by atoms with Crippen LogP contribution in [0.2, 0.25) is 0 Å². The van der Waals surface area contributed by atoms with Crippen LogP contribution in [-0.4, -0.2) is 127 Å². The number of carbonyl (C=O) groups excluding carboxylic acids is 2. The fourth-order valence-electron chi connectivity index (χ4n) is 8.82. The van der Waals surface area contributed by atoms with Gasteiger partial charge >= 0.3 is 0 Å². The first kappa shape index (κ1) is 46.0. The number of carbonyl (C=O) groups is 2. The number of hydrogen-bond acceptors (Lipinski definition) is 10. The number of imidazole rings is 2. The van der Waals surface area contributed by atoms with Crippen molar-refractivity contribution in [3.63, 3.8) is 0 Å². The minimum absolute atomic E-state index is 0.180. The van der Waals surface area contributed by atoms with Gasteiger partial charge in [0.1, 0.15) is 22.7 Å². The molecule has 14 heteroatoms. The molecule has 2 saturated heterocycles. The Kier molecular flexibility index (Phi) is 13.8. The van der Waals surface area contributed by atoms with Gasteiger partial charge in [-0.1, -0.05) is 48.5 Å². The van der Waals surface area contributed by atoms with E-state index in [0.717, 1.165) is 144 Å². The number of piperazine rings is 2. The van der Waals surface area contributed by atoms with Crippen molar-refractivity contribution in [3.05, 3.63) is 167 Å². The Bertz CT molecular complexity index is 2840. The first-order valence-corrected chi connectivity index (χ1v) is 23.4. The smallest absolute Gasteiger partial charge is 0.274 e. The van der Waals surface area contributed by atoms with Crippen LogP contribution in [0.1, 0.15) is 54.4 Å². The number of amides is 2. The summed E-state index contributed by atoms with van der Waals surface area (Å²) in [5, 5.41) is 6.05. The SMILES string of the molecule is Cc1cnc(C(=O)Nc2ccc(-c3cn4cccc(C)c4n3)cc2)c(CN2CCN(C)CC2)c1.Cc1cnc(C(=O)Nc2ccc(-c3cn4cccc(C)c4n3)cc2)c(CN2CCN(C)CC2)c1. The predicted octanol–water partition coefficient (Wildman–Crippen LogP) is 8.03. The molecule has 2 fully saturated rings. The molecule has 2 aromatic carbocycles. The molecule has 8 heterocycles. The van der Waals surface area contributed by atoms with Crippen LogP contribution in [-0.2, 0) is 13.1 Å². The third kappa shape index (κ3) is 10.9. The summed E-state index contributed by atoms with van der Waals surface area (Å²) in [4.78, 5) is 54.2. The van der Waals surface area contributed by atoms with Crippen molar-refractivity contribution in [3.8, 4) is 22.5 Å². The Labute approximate surface area is 398 Å². The molecule has 0 unspecified atom stereocenters. The largest absolute Gasteiger partial charge is 0.321 e. The van der Waals surface area contributed by atoms with E-state index in [1.165, 1.54) is 0 Å². The fraction of sp³-hybridized carbons (Fsp3) is 0.296. The van der Waals surface area contributed by atoms with Crippen LogP contribution >= 0.6 is 0 Å². The molecule has 10 rings (SSSR count). The fourth-order valence-corrected chi connectivity index (χ4v) is 8.82. The van der Waals surface area contributed by atoms with Gasteiger partial charge in [-0.25, -0.2) is 9.97 Å². The number of pyridine rings is 4. The van der Waals surface area contributed by atoms with E-state index in [2.05, 4.69) is 92.4 Å². The highest BCUT2D eigenvalue weighted by molar-refractivity contribution is 6.04. The summed E-state index contributed by atoms with van der Waals surface area (Å²) in [6.07, 6.45) is 11.6. The molecule has 2 aliphatic heterocycles. The predicted molar refractivity (Wildman–Crippen MR) is 270 cm³/mol. The van der Waals surface area contributed by atoms with Crippen molar-refractivity contribution in [1.82, 2.24) is 48.3 Å². The van der Waals surface area contributed by atoms with Crippen LogP contribution in [0.25, 0.3) is 33.8 Å². The molecule has 0 spiro atoms. The second-order valence-corrected chi connectivity index (χ2v) is 18.4. The molecule has 0 aliphatic carbocycles. The van der Waals surface area contributed by atoms with Crippen molar-refractivity contribution >= 4 is 34.5 Å². The van der Waals surface area contributed by atoms with Gasteiger partial charge in [0, 0.05) is 125 Å². The number of nitrogens with one attached hydrogen (secondary N) is 2. The maximum Gasteiger partial charge on any atom is 0.274 e. The molecular formula is C54H60N12O2. The Morgan fingerprint density at radius 2 is 0.912 bits per heavy atom. The maximum atomic E-state index is 13.1. The molecule has 0 atom stereocenters. The van der Waals surface area contributed by atoms with Crippen LogP contribution in [0.15, 0.2) is 122 Å². The molecule has 0 saturated carbocycles. The quantitative estimate of drug-likeness (QED) is 0.139. The number of anilines is 2. The highest BCUT2D eigenvalue weighted by Crippen LogP contribution is 2.25. The number of aromatic nitrogens is 6. The van der Waals surface area contributed by atoms with Crippen molar-refractivity contribution < 1.29 is 9.59 Å². The normalized spacial score (nSPS) is 15.0. The van der Waals surface area contributed by atoms with Gasteiger partial charge in [0.15, 0.2) is 0 Å².